The highest BCUT2D eigenvalue weighted by atomic mass is 35.5. The van der Waals surface area contributed by atoms with Crippen LogP contribution in [0.1, 0.15) is 31.2 Å². The Morgan fingerprint density at radius 3 is 2.87 bits per heavy atom. The summed E-state index contributed by atoms with van der Waals surface area (Å²) in [6.07, 6.45) is 2.61. The fourth-order valence-corrected chi connectivity index (χ4v) is 2.71. The molecule has 1 aromatic rings. The molecule has 0 bridgehead atoms. The largest absolute Gasteiger partial charge is 0.316 e. The second kappa shape index (κ2) is 5.00. The summed E-state index contributed by atoms with van der Waals surface area (Å²) >= 11 is 6.22. The van der Waals surface area contributed by atoms with Crippen molar-refractivity contribution in [1.29, 1.82) is 0 Å². The zero-order chi connectivity index (χ0) is 10.7. The predicted molar refractivity (Wildman–Crippen MR) is 65.5 cm³/mol. The molecule has 1 aliphatic heterocycles. The number of piperidine rings is 1. The van der Waals surface area contributed by atoms with Gasteiger partial charge in [-0.1, -0.05) is 36.7 Å². The van der Waals surface area contributed by atoms with Gasteiger partial charge in [0.15, 0.2) is 0 Å². The van der Waals surface area contributed by atoms with E-state index >= 15 is 0 Å². The molecule has 2 rings (SSSR count). The van der Waals surface area contributed by atoms with Crippen molar-refractivity contribution in [3.63, 3.8) is 0 Å². The first kappa shape index (κ1) is 11.0. The van der Waals surface area contributed by atoms with E-state index in [2.05, 4.69) is 24.4 Å². The number of benzene rings is 1. The lowest BCUT2D eigenvalue weighted by atomic mass is 9.83. The van der Waals surface area contributed by atoms with Crippen LogP contribution in [0.3, 0.4) is 0 Å². The molecule has 1 fully saturated rings. The highest BCUT2D eigenvalue weighted by molar-refractivity contribution is 6.31. The van der Waals surface area contributed by atoms with Crippen molar-refractivity contribution < 1.29 is 0 Å². The van der Waals surface area contributed by atoms with Gasteiger partial charge in [-0.25, -0.2) is 0 Å². The molecule has 2 heteroatoms. The number of halogens is 1. The van der Waals surface area contributed by atoms with Gasteiger partial charge in [0.2, 0.25) is 0 Å². The Balaban J connectivity index is 2.12. The lowest BCUT2D eigenvalue weighted by Gasteiger charge is -2.29. The highest BCUT2D eigenvalue weighted by Gasteiger charge is 2.22. The van der Waals surface area contributed by atoms with Crippen molar-refractivity contribution in [1.82, 2.24) is 5.32 Å². The third-order valence-corrected chi connectivity index (χ3v) is 3.78. The molecule has 15 heavy (non-hydrogen) atoms. The van der Waals surface area contributed by atoms with Crippen LogP contribution in [0, 0.1) is 5.92 Å². The van der Waals surface area contributed by atoms with Crippen LogP contribution in [0.2, 0.25) is 5.02 Å². The van der Waals surface area contributed by atoms with Crippen LogP contribution in [0.5, 0.6) is 0 Å². The minimum atomic E-state index is 0.562. The van der Waals surface area contributed by atoms with Gasteiger partial charge >= 0.3 is 0 Å². The molecule has 0 saturated carbocycles. The summed E-state index contributed by atoms with van der Waals surface area (Å²) in [5.41, 5.74) is 1.30. The molecule has 0 amide bonds. The number of hydrogen-bond acceptors (Lipinski definition) is 1. The van der Waals surface area contributed by atoms with Crippen LogP contribution in [0.4, 0.5) is 0 Å². The molecular formula is C13H18ClN. The first-order valence-corrected chi connectivity index (χ1v) is 6.12. The molecule has 2 unspecified atom stereocenters. The van der Waals surface area contributed by atoms with E-state index in [-0.39, 0.29) is 0 Å². The van der Waals surface area contributed by atoms with E-state index < -0.39 is 0 Å². The molecule has 1 aliphatic rings. The molecule has 0 aromatic heterocycles. The maximum atomic E-state index is 6.22. The van der Waals surface area contributed by atoms with Crippen LogP contribution in [0.15, 0.2) is 24.3 Å². The molecule has 0 radical (unpaired) electrons. The monoisotopic (exact) mass is 223 g/mol. The average Bonchev–Trinajstić information content (AvgIpc) is 2.30. The summed E-state index contributed by atoms with van der Waals surface area (Å²) < 4.78 is 0. The smallest absolute Gasteiger partial charge is 0.0440 e. The summed E-state index contributed by atoms with van der Waals surface area (Å²) in [5, 5.41) is 4.37. The van der Waals surface area contributed by atoms with Gasteiger partial charge in [0.25, 0.3) is 0 Å². The van der Waals surface area contributed by atoms with E-state index in [4.69, 9.17) is 11.6 Å². The Kier molecular flexibility index (Phi) is 3.66. The Hall–Kier alpha value is -0.530. The average molecular weight is 224 g/mol. The molecular weight excluding hydrogens is 206 g/mol. The minimum absolute atomic E-state index is 0.562. The van der Waals surface area contributed by atoms with E-state index in [0.29, 0.717) is 5.92 Å². The normalized spacial score (nSPS) is 23.7. The molecule has 1 nitrogen and oxygen atoms in total. The molecule has 0 aliphatic carbocycles. The quantitative estimate of drug-likeness (QED) is 0.810. The standard InChI is InChI=1S/C13H18ClN/c1-10(11-5-4-8-15-9-11)12-6-2-3-7-13(12)14/h2-3,6-7,10-11,15H,4-5,8-9H2,1H3. The molecule has 2 atom stereocenters. The maximum Gasteiger partial charge on any atom is 0.0440 e. The van der Waals surface area contributed by atoms with Crippen LogP contribution < -0.4 is 5.32 Å². The first-order valence-electron chi connectivity index (χ1n) is 5.74. The van der Waals surface area contributed by atoms with Crippen molar-refractivity contribution in [2.45, 2.75) is 25.7 Å². The summed E-state index contributed by atoms with van der Waals surface area (Å²) in [4.78, 5) is 0. The molecule has 0 spiro atoms. The van der Waals surface area contributed by atoms with Gasteiger partial charge in [-0.2, -0.15) is 0 Å². The van der Waals surface area contributed by atoms with E-state index in [1.165, 1.54) is 24.9 Å². The summed E-state index contributed by atoms with van der Waals surface area (Å²) in [5.74, 6) is 1.30. The summed E-state index contributed by atoms with van der Waals surface area (Å²) in [7, 11) is 0. The van der Waals surface area contributed by atoms with E-state index in [9.17, 15) is 0 Å². The molecule has 1 saturated heterocycles. The summed E-state index contributed by atoms with van der Waals surface area (Å²) in [6, 6.07) is 8.22. The SMILES string of the molecule is CC(c1ccccc1Cl)C1CCCNC1. The van der Waals surface area contributed by atoms with Gasteiger partial charge in [-0.15, -0.1) is 0 Å². The zero-order valence-electron chi connectivity index (χ0n) is 9.17. The lowest BCUT2D eigenvalue weighted by molar-refractivity contribution is 0.334. The molecule has 82 valence electrons. The Bertz CT molecular complexity index is 318. The predicted octanol–water partition coefficient (Wildman–Crippen LogP) is 3.44. The van der Waals surface area contributed by atoms with E-state index in [1.807, 2.05) is 12.1 Å². The van der Waals surface area contributed by atoms with Gasteiger partial charge in [0, 0.05) is 5.02 Å². The number of nitrogens with one attached hydrogen (secondary N) is 1. The van der Waals surface area contributed by atoms with Crippen molar-refractivity contribution in [3.8, 4) is 0 Å². The third kappa shape index (κ3) is 2.53. The van der Waals surface area contributed by atoms with Crippen LogP contribution in [-0.4, -0.2) is 13.1 Å². The van der Waals surface area contributed by atoms with Gasteiger partial charge in [0.1, 0.15) is 0 Å². The Morgan fingerprint density at radius 1 is 1.40 bits per heavy atom. The van der Waals surface area contributed by atoms with Crippen molar-refractivity contribution in [3.05, 3.63) is 34.9 Å². The highest BCUT2D eigenvalue weighted by Crippen LogP contribution is 2.32. The zero-order valence-corrected chi connectivity index (χ0v) is 9.93. The number of hydrogen-bond donors (Lipinski definition) is 1. The fourth-order valence-electron chi connectivity index (χ4n) is 2.40. The van der Waals surface area contributed by atoms with Crippen molar-refractivity contribution >= 4 is 11.6 Å². The summed E-state index contributed by atoms with van der Waals surface area (Å²) in [6.45, 7) is 4.59. The molecule has 1 N–H and O–H groups in total. The van der Waals surface area contributed by atoms with E-state index in [0.717, 1.165) is 17.5 Å². The fraction of sp³-hybridized carbons (Fsp3) is 0.538. The molecule has 1 heterocycles. The lowest BCUT2D eigenvalue weighted by Crippen LogP contribution is -2.32. The first-order chi connectivity index (χ1) is 7.29. The van der Waals surface area contributed by atoms with Crippen LogP contribution in [-0.2, 0) is 0 Å². The Labute approximate surface area is 96.8 Å². The van der Waals surface area contributed by atoms with Gasteiger partial charge in [-0.05, 0) is 49.4 Å². The van der Waals surface area contributed by atoms with Crippen LogP contribution >= 0.6 is 11.6 Å². The van der Waals surface area contributed by atoms with Crippen molar-refractivity contribution in [2.75, 3.05) is 13.1 Å². The minimum Gasteiger partial charge on any atom is -0.316 e. The number of rotatable bonds is 2. The third-order valence-electron chi connectivity index (χ3n) is 3.44. The second-order valence-electron chi connectivity index (χ2n) is 4.42. The van der Waals surface area contributed by atoms with Crippen LogP contribution in [0.25, 0.3) is 0 Å². The van der Waals surface area contributed by atoms with Crippen molar-refractivity contribution in [2.24, 2.45) is 5.92 Å². The van der Waals surface area contributed by atoms with Gasteiger partial charge in [0.05, 0.1) is 0 Å². The van der Waals surface area contributed by atoms with E-state index in [1.54, 1.807) is 0 Å². The topological polar surface area (TPSA) is 12.0 Å². The maximum absolute atomic E-state index is 6.22. The Morgan fingerprint density at radius 2 is 2.20 bits per heavy atom. The van der Waals surface area contributed by atoms with Gasteiger partial charge < -0.3 is 5.32 Å². The van der Waals surface area contributed by atoms with Gasteiger partial charge in [-0.3, -0.25) is 0 Å². The second-order valence-corrected chi connectivity index (χ2v) is 4.82. The molecule has 1 aromatic carbocycles.